The first kappa shape index (κ1) is 8.60. The van der Waals surface area contributed by atoms with Crippen LogP contribution in [0, 0.1) is 13.8 Å². The van der Waals surface area contributed by atoms with Crippen LogP contribution in [0.25, 0.3) is 0 Å². The van der Waals surface area contributed by atoms with E-state index in [2.05, 4.69) is 15.9 Å². The van der Waals surface area contributed by atoms with Crippen LogP contribution in [0.2, 0.25) is 0 Å². The minimum atomic E-state index is 0.980. The molecule has 1 rings (SSSR count). The van der Waals surface area contributed by atoms with Crippen LogP contribution in [0.15, 0.2) is 16.6 Å². The van der Waals surface area contributed by atoms with Crippen LogP contribution in [0.4, 0.5) is 0 Å². The van der Waals surface area contributed by atoms with E-state index in [-0.39, 0.29) is 0 Å². The zero-order valence-corrected chi connectivity index (χ0v) is 8.53. The summed E-state index contributed by atoms with van der Waals surface area (Å²) >= 11 is 3.42. The van der Waals surface area contributed by atoms with Crippen molar-refractivity contribution in [3.05, 3.63) is 27.7 Å². The number of methoxy groups -OCH3 is 1. The normalized spacial score (nSPS) is 9.82. The Hall–Kier alpha value is -0.500. The fraction of sp³-hybridized carbons (Fsp3) is 0.333. The second kappa shape index (κ2) is 3.26. The van der Waals surface area contributed by atoms with Crippen LogP contribution in [0.3, 0.4) is 0 Å². The summed E-state index contributed by atoms with van der Waals surface area (Å²) in [6, 6.07) is 4.09. The number of hydrogen-bond acceptors (Lipinski definition) is 1. The molecule has 0 radical (unpaired) electrons. The van der Waals surface area contributed by atoms with Crippen molar-refractivity contribution >= 4 is 15.9 Å². The summed E-state index contributed by atoms with van der Waals surface area (Å²) in [7, 11) is 1.70. The van der Waals surface area contributed by atoms with E-state index in [9.17, 15) is 0 Å². The van der Waals surface area contributed by atoms with Crippen molar-refractivity contribution in [3.8, 4) is 5.75 Å². The van der Waals surface area contributed by atoms with E-state index >= 15 is 0 Å². The van der Waals surface area contributed by atoms with Gasteiger partial charge in [-0.2, -0.15) is 0 Å². The highest BCUT2D eigenvalue weighted by atomic mass is 79.9. The first-order valence-corrected chi connectivity index (χ1v) is 4.25. The number of hydrogen-bond donors (Lipinski definition) is 0. The topological polar surface area (TPSA) is 9.23 Å². The lowest BCUT2D eigenvalue weighted by Crippen LogP contribution is -1.90. The summed E-state index contributed by atoms with van der Waals surface area (Å²) in [5.74, 6) is 0.980. The molecule has 2 heteroatoms. The molecule has 0 aliphatic rings. The van der Waals surface area contributed by atoms with E-state index in [0.29, 0.717) is 0 Å². The summed E-state index contributed by atoms with van der Waals surface area (Å²) < 4.78 is 6.31. The van der Waals surface area contributed by atoms with Crippen molar-refractivity contribution in [1.29, 1.82) is 0 Å². The van der Waals surface area contributed by atoms with Crippen LogP contribution in [0.5, 0.6) is 5.75 Å². The van der Waals surface area contributed by atoms with Crippen molar-refractivity contribution in [3.63, 3.8) is 0 Å². The molecule has 0 saturated heterocycles. The van der Waals surface area contributed by atoms with Gasteiger partial charge in [0.2, 0.25) is 0 Å². The van der Waals surface area contributed by atoms with Crippen LogP contribution in [-0.2, 0) is 0 Å². The molecule has 0 saturated carbocycles. The predicted molar refractivity (Wildman–Crippen MR) is 50.2 cm³/mol. The first-order chi connectivity index (χ1) is 5.15. The van der Waals surface area contributed by atoms with Crippen molar-refractivity contribution in [2.45, 2.75) is 13.8 Å². The number of benzene rings is 1. The van der Waals surface area contributed by atoms with Gasteiger partial charge in [0.25, 0.3) is 0 Å². The minimum absolute atomic E-state index is 0.980. The highest BCUT2D eigenvalue weighted by Crippen LogP contribution is 2.26. The van der Waals surface area contributed by atoms with E-state index in [0.717, 1.165) is 10.2 Å². The number of aryl methyl sites for hydroxylation is 2. The van der Waals surface area contributed by atoms with E-state index in [1.807, 2.05) is 26.0 Å². The zero-order valence-electron chi connectivity index (χ0n) is 6.94. The van der Waals surface area contributed by atoms with Gasteiger partial charge in [0.15, 0.2) is 0 Å². The molecule has 0 aromatic heterocycles. The molecule has 0 fully saturated rings. The van der Waals surface area contributed by atoms with Crippen LogP contribution < -0.4 is 4.74 Å². The molecule has 0 bridgehead atoms. The Morgan fingerprint density at radius 1 is 1.18 bits per heavy atom. The smallest absolute Gasteiger partial charge is 0.124 e. The van der Waals surface area contributed by atoms with Crippen LogP contribution in [0.1, 0.15) is 11.1 Å². The second-order valence-electron chi connectivity index (χ2n) is 2.57. The summed E-state index contributed by atoms with van der Waals surface area (Å²) in [5, 5.41) is 0. The van der Waals surface area contributed by atoms with E-state index in [4.69, 9.17) is 4.74 Å². The maximum atomic E-state index is 5.21. The number of rotatable bonds is 1. The largest absolute Gasteiger partial charge is 0.496 e. The predicted octanol–water partition coefficient (Wildman–Crippen LogP) is 3.07. The standard InChI is InChI=1S/C9H11BrO/c1-6-4-8(10)5-7(2)9(6)11-3/h4-5H,1-3H3. The van der Waals surface area contributed by atoms with Gasteiger partial charge >= 0.3 is 0 Å². The quantitative estimate of drug-likeness (QED) is 0.699. The van der Waals surface area contributed by atoms with Gasteiger partial charge in [-0.15, -0.1) is 0 Å². The molecule has 0 unspecified atom stereocenters. The molecule has 11 heavy (non-hydrogen) atoms. The second-order valence-corrected chi connectivity index (χ2v) is 3.49. The first-order valence-electron chi connectivity index (χ1n) is 3.46. The summed E-state index contributed by atoms with van der Waals surface area (Å²) in [4.78, 5) is 0. The van der Waals surface area contributed by atoms with Gasteiger partial charge in [0.1, 0.15) is 5.75 Å². The van der Waals surface area contributed by atoms with Gasteiger partial charge in [-0.25, -0.2) is 0 Å². The molecule has 1 aromatic rings. The SMILES string of the molecule is COc1c(C)cc(Br)cc1C. The van der Waals surface area contributed by atoms with Crippen molar-refractivity contribution in [2.75, 3.05) is 7.11 Å². The molecule has 0 amide bonds. The van der Waals surface area contributed by atoms with E-state index in [1.165, 1.54) is 11.1 Å². The average Bonchev–Trinajstić information content (AvgIpc) is 1.85. The zero-order chi connectivity index (χ0) is 8.43. The summed E-state index contributed by atoms with van der Waals surface area (Å²) in [5.41, 5.74) is 2.33. The molecule has 0 N–H and O–H groups in total. The number of halogens is 1. The lowest BCUT2D eigenvalue weighted by atomic mass is 10.1. The Morgan fingerprint density at radius 3 is 2.00 bits per heavy atom. The molecular formula is C9H11BrO. The van der Waals surface area contributed by atoms with Crippen molar-refractivity contribution in [2.24, 2.45) is 0 Å². The van der Waals surface area contributed by atoms with Crippen LogP contribution in [-0.4, -0.2) is 7.11 Å². The lowest BCUT2D eigenvalue weighted by molar-refractivity contribution is 0.408. The molecule has 60 valence electrons. The van der Waals surface area contributed by atoms with Gasteiger partial charge in [-0.1, -0.05) is 15.9 Å². The molecule has 0 aliphatic heterocycles. The summed E-state index contributed by atoms with van der Waals surface area (Å²) in [6.45, 7) is 4.08. The third-order valence-electron chi connectivity index (χ3n) is 1.63. The van der Waals surface area contributed by atoms with Gasteiger partial charge in [-0.05, 0) is 37.1 Å². The summed E-state index contributed by atoms with van der Waals surface area (Å²) in [6.07, 6.45) is 0. The Bertz CT molecular complexity index is 245. The molecular weight excluding hydrogens is 204 g/mol. The molecule has 0 heterocycles. The van der Waals surface area contributed by atoms with Gasteiger partial charge < -0.3 is 4.74 Å². The van der Waals surface area contributed by atoms with Gasteiger partial charge in [-0.3, -0.25) is 0 Å². The fourth-order valence-corrected chi connectivity index (χ4v) is 1.91. The highest BCUT2D eigenvalue weighted by molar-refractivity contribution is 9.10. The lowest BCUT2D eigenvalue weighted by Gasteiger charge is -2.07. The monoisotopic (exact) mass is 214 g/mol. The molecule has 1 nitrogen and oxygen atoms in total. The third-order valence-corrected chi connectivity index (χ3v) is 2.09. The Kier molecular flexibility index (Phi) is 2.55. The Balaban J connectivity index is 3.25. The van der Waals surface area contributed by atoms with Crippen molar-refractivity contribution < 1.29 is 4.74 Å². The highest BCUT2D eigenvalue weighted by Gasteiger charge is 2.02. The molecule has 0 spiro atoms. The molecule has 1 aromatic carbocycles. The Morgan fingerprint density at radius 2 is 1.64 bits per heavy atom. The Labute approximate surface area is 75.5 Å². The van der Waals surface area contributed by atoms with Crippen LogP contribution >= 0.6 is 15.9 Å². The maximum absolute atomic E-state index is 5.21. The third kappa shape index (κ3) is 1.74. The fourth-order valence-electron chi connectivity index (χ4n) is 1.22. The average molecular weight is 215 g/mol. The number of ether oxygens (including phenoxy) is 1. The van der Waals surface area contributed by atoms with E-state index in [1.54, 1.807) is 7.11 Å². The van der Waals surface area contributed by atoms with E-state index < -0.39 is 0 Å². The van der Waals surface area contributed by atoms with Gasteiger partial charge in [0, 0.05) is 4.47 Å². The van der Waals surface area contributed by atoms with Gasteiger partial charge in [0.05, 0.1) is 7.11 Å². The molecule has 0 aliphatic carbocycles. The van der Waals surface area contributed by atoms with Crippen molar-refractivity contribution in [1.82, 2.24) is 0 Å². The minimum Gasteiger partial charge on any atom is -0.496 e. The maximum Gasteiger partial charge on any atom is 0.124 e. The molecule has 0 atom stereocenters.